The van der Waals surface area contributed by atoms with Crippen molar-refractivity contribution in [3.8, 4) is 0 Å². The number of nitro benzene ring substituents is 1. The first-order valence-corrected chi connectivity index (χ1v) is 10.5. The van der Waals surface area contributed by atoms with Crippen molar-refractivity contribution in [3.63, 3.8) is 0 Å². The van der Waals surface area contributed by atoms with Crippen molar-refractivity contribution >= 4 is 35.0 Å². The summed E-state index contributed by atoms with van der Waals surface area (Å²) in [5.41, 5.74) is 0.400. The second-order valence-corrected chi connectivity index (χ2v) is 8.38. The lowest BCUT2D eigenvalue weighted by Gasteiger charge is -2.31. The highest BCUT2D eigenvalue weighted by atomic mass is 35.5. The summed E-state index contributed by atoms with van der Waals surface area (Å²) in [6.45, 7) is 1.80. The van der Waals surface area contributed by atoms with Crippen LogP contribution in [0, 0.1) is 27.9 Å². The van der Waals surface area contributed by atoms with E-state index in [1.165, 1.54) is 18.2 Å². The normalized spacial score (nSPS) is 22.1. The number of nitro groups is 1. The van der Waals surface area contributed by atoms with Gasteiger partial charge in [0.1, 0.15) is 0 Å². The van der Waals surface area contributed by atoms with Crippen LogP contribution in [-0.2, 0) is 16.1 Å². The minimum atomic E-state index is -0.676. The Morgan fingerprint density at radius 3 is 2.56 bits per heavy atom. The zero-order valence-corrected chi connectivity index (χ0v) is 17.9. The number of carbonyl (C=O) groups is 3. The highest BCUT2D eigenvalue weighted by molar-refractivity contribution is 6.30. The van der Waals surface area contributed by atoms with E-state index in [0.717, 1.165) is 16.1 Å². The Bertz CT molecular complexity index is 1130. The van der Waals surface area contributed by atoms with Crippen LogP contribution in [0.1, 0.15) is 29.3 Å². The van der Waals surface area contributed by atoms with Crippen molar-refractivity contribution in [3.05, 3.63) is 86.9 Å². The number of carbonyl (C=O) groups excluding carboxylic acids is 3. The Balaban J connectivity index is 1.74. The summed E-state index contributed by atoms with van der Waals surface area (Å²) in [6, 6.07) is 11.9. The maximum absolute atomic E-state index is 13.5. The highest BCUT2D eigenvalue weighted by Crippen LogP contribution is 2.39. The van der Waals surface area contributed by atoms with Crippen LogP contribution in [0.25, 0.3) is 0 Å². The number of hydrazine groups is 1. The van der Waals surface area contributed by atoms with Gasteiger partial charge in [0.15, 0.2) is 0 Å². The van der Waals surface area contributed by atoms with E-state index in [2.05, 4.69) is 0 Å². The predicted octanol–water partition coefficient (Wildman–Crippen LogP) is 4.00. The molecule has 0 aromatic heterocycles. The first-order chi connectivity index (χ1) is 15.3. The van der Waals surface area contributed by atoms with Gasteiger partial charge in [0.2, 0.25) is 0 Å². The lowest BCUT2D eigenvalue weighted by Crippen LogP contribution is -2.50. The number of rotatable bonds is 5. The summed E-state index contributed by atoms with van der Waals surface area (Å²) in [7, 11) is 0. The van der Waals surface area contributed by atoms with E-state index in [-0.39, 0.29) is 23.7 Å². The number of nitrogens with zero attached hydrogens (tertiary/aromatic N) is 3. The van der Waals surface area contributed by atoms with Gasteiger partial charge >= 0.3 is 0 Å². The average Bonchev–Trinajstić information content (AvgIpc) is 3.04. The van der Waals surface area contributed by atoms with Gasteiger partial charge in [0, 0.05) is 22.7 Å². The number of benzene rings is 2. The molecule has 164 valence electrons. The minimum Gasteiger partial charge on any atom is -0.272 e. The van der Waals surface area contributed by atoms with Gasteiger partial charge in [-0.3, -0.25) is 24.5 Å². The summed E-state index contributed by atoms with van der Waals surface area (Å²) < 4.78 is 0. The molecule has 1 fully saturated rings. The lowest BCUT2D eigenvalue weighted by molar-refractivity contribution is -0.384. The van der Waals surface area contributed by atoms with Gasteiger partial charge in [-0.25, -0.2) is 5.01 Å². The Morgan fingerprint density at radius 2 is 1.91 bits per heavy atom. The van der Waals surface area contributed by atoms with E-state index in [9.17, 15) is 24.5 Å². The summed E-state index contributed by atoms with van der Waals surface area (Å²) in [4.78, 5) is 50.6. The fraction of sp³-hybridized carbons (Fsp3) is 0.261. The zero-order valence-electron chi connectivity index (χ0n) is 17.2. The highest BCUT2D eigenvalue weighted by Gasteiger charge is 2.53. The molecule has 0 N–H and O–H groups in total. The molecule has 3 atom stereocenters. The number of imide groups is 1. The van der Waals surface area contributed by atoms with E-state index >= 15 is 0 Å². The maximum atomic E-state index is 13.5. The van der Waals surface area contributed by atoms with E-state index in [4.69, 9.17) is 11.6 Å². The minimum absolute atomic E-state index is 0.00908. The molecule has 3 amide bonds. The Hall–Kier alpha value is -3.52. The van der Waals surface area contributed by atoms with Crippen LogP contribution >= 0.6 is 11.6 Å². The molecule has 1 saturated heterocycles. The standard InChI is InChI=1S/C23H20ClN3O5/c1-14-4-2-7-19-20(14)23(30)26(22(19)29)25(13-15-8-10-17(24)11-9-15)21(28)16-5-3-6-18(12-16)27(31)32/h2-6,8-12,14,19-20H,7,13H2,1H3/t14-,19-,20-/m1/s1. The monoisotopic (exact) mass is 453 g/mol. The Labute approximate surface area is 189 Å². The number of allylic oxidation sites excluding steroid dienone is 2. The number of hydrogen-bond donors (Lipinski definition) is 0. The zero-order chi connectivity index (χ0) is 23.0. The van der Waals surface area contributed by atoms with Crippen LogP contribution in [0.15, 0.2) is 60.7 Å². The van der Waals surface area contributed by atoms with Gasteiger partial charge < -0.3 is 0 Å². The summed E-state index contributed by atoms with van der Waals surface area (Å²) >= 11 is 5.96. The first kappa shape index (κ1) is 21.7. The van der Waals surface area contributed by atoms with Crippen molar-refractivity contribution in [2.24, 2.45) is 17.8 Å². The van der Waals surface area contributed by atoms with E-state index in [1.807, 2.05) is 19.1 Å². The van der Waals surface area contributed by atoms with Crippen LogP contribution in [0.3, 0.4) is 0 Å². The smallest absolute Gasteiger partial charge is 0.272 e. The van der Waals surface area contributed by atoms with Gasteiger partial charge in [0.05, 0.1) is 23.3 Å². The second-order valence-electron chi connectivity index (χ2n) is 7.94. The van der Waals surface area contributed by atoms with Crippen LogP contribution in [0.5, 0.6) is 0 Å². The Morgan fingerprint density at radius 1 is 1.19 bits per heavy atom. The molecule has 0 bridgehead atoms. The molecular weight excluding hydrogens is 434 g/mol. The molecule has 2 aromatic rings. The van der Waals surface area contributed by atoms with Crippen LogP contribution in [-0.4, -0.2) is 32.7 Å². The summed E-state index contributed by atoms with van der Waals surface area (Å²) in [5.74, 6) is -2.77. The molecule has 0 saturated carbocycles. The quantitative estimate of drug-likeness (QED) is 0.295. The van der Waals surface area contributed by atoms with Gasteiger partial charge in [-0.2, -0.15) is 5.01 Å². The van der Waals surface area contributed by atoms with Crippen molar-refractivity contribution in [1.29, 1.82) is 0 Å². The number of fused-ring (bicyclic) bond motifs is 1. The molecule has 0 spiro atoms. The molecule has 0 unspecified atom stereocenters. The third kappa shape index (κ3) is 3.89. The number of non-ortho nitro benzene ring substituents is 1. The van der Waals surface area contributed by atoms with E-state index in [0.29, 0.717) is 17.0 Å². The van der Waals surface area contributed by atoms with E-state index in [1.54, 1.807) is 24.3 Å². The number of halogens is 1. The average molecular weight is 454 g/mol. The van der Waals surface area contributed by atoms with Crippen molar-refractivity contribution < 1.29 is 19.3 Å². The fourth-order valence-corrected chi connectivity index (χ4v) is 4.39. The van der Waals surface area contributed by atoms with Crippen LogP contribution in [0.2, 0.25) is 5.02 Å². The number of amides is 3. The molecule has 1 aliphatic heterocycles. The van der Waals surface area contributed by atoms with Gasteiger partial charge in [-0.1, -0.05) is 48.9 Å². The third-order valence-electron chi connectivity index (χ3n) is 5.87. The topological polar surface area (TPSA) is 101 Å². The van der Waals surface area contributed by atoms with Gasteiger partial charge in [-0.15, -0.1) is 0 Å². The van der Waals surface area contributed by atoms with Gasteiger partial charge in [-0.05, 0) is 36.1 Å². The predicted molar refractivity (Wildman–Crippen MR) is 116 cm³/mol. The molecule has 32 heavy (non-hydrogen) atoms. The molecule has 0 radical (unpaired) electrons. The fourth-order valence-electron chi connectivity index (χ4n) is 4.27. The summed E-state index contributed by atoms with van der Waals surface area (Å²) in [6.07, 6.45) is 4.21. The Kier molecular flexibility index (Phi) is 5.80. The lowest BCUT2D eigenvalue weighted by atomic mass is 9.78. The van der Waals surface area contributed by atoms with Gasteiger partial charge in [0.25, 0.3) is 23.4 Å². The van der Waals surface area contributed by atoms with Crippen LogP contribution in [0.4, 0.5) is 5.69 Å². The molecule has 4 rings (SSSR count). The molecule has 8 nitrogen and oxygen atoms in total. The van der Waals surface area contributed by atoms with E-state index < -0.39 is 34.5 Å². The summed E-state index contributed by atoms with van der Waals surface area (Å²) in [5, 5.41) is 13.7. The second kappa shape index (κ2) is 8.55. The maximum Gasteiger partial charge on any atom is 0.273 e. The van der Waals surface area contributed by atoms with Crippen LogP contribution < -0.4 is 0 Å². The van der Waals surface area contributed by atoms with Crippen molar-refractivity contribution in [2.45, 2.75) is 19.9 Å². The third-order valence-corrected chi connectivity index (χ3v) is 6.13. The van der Waals surface area contributed by atoms with Crippen molar-refractivity contribution in [1.82, 2.24) is 10.0 Å². The molecule has 1 heterocycles. The molecule has 9 heteroatoms. The molecule has 2 aromatic carbocycles. The largest absolute Gasteiger partial charge is 0.273 e. The molecule has 2 aliphatic rings. The molecule has 1 aliphatic carbocycles. The first-order valence-electron chi connectivity index (χ1n) is 10.1. The van der Waals surface area contributed by atoms with Crippen molar-refractivity contribution in [2.75, 3.05) is 0 Å². The molecular formula is C23H20ClN3O5. The number of hydrogen-bond acceptors (Lipinski definition) is 5. The SMILES string of the molecule is C[C@@H]1C=CC[C@H]2C(=O)N(N(Cc3ccc(Cl)cc3)C(=O)c3cccc([N+](=O)[O-])c3)C(=O)[C@H]12.